The topological polar surface area (TPSA) is 9.23 Å². The Balaban J connectivity index is 3.53. The van der Waals surface area contributed by atoms with Gasteiger partial charge < -0.3 is 4.74 Å². The number of unbranched alkanes of at least 4 members (excludes halogenated alkanes) is 5. The standard InChI is InChI=1S/C14H28Cl2O/c1-3-5-6-7-8-9-10-13(4-2)17-14(11-15)12-16/h13-14H,3-12H2,1-2H3. The average Bonchev–Trinajstić information content (AvgIpc) is 2.37. The predicted octanol–water partition coefficient (Wildman–Crippen LogP) is 5.38. The number of ether oxygens (including phenoxy) is 1. The summed E-state index contributed by atoms with van der Waals surface area (Å²) < 4.78 is 5.86. The van der Waals surface area contributed by atoms with Crippen molar-refractivity contribution in [2.75, 3.05) is 11.8 Å². The lowest BCUT2D eigenvalue weighted by atomic mass is 10.1. The summed E-state index contributed by atoms with van der Waals surface area (Å²) in [7, 11) is 0. The van der Waals surface area contributed by atoms with Crippen molar-refractivity contribution in [3.8, 4) is 0 Å². The van der Waals surface area contributed by atoms with Gasteiger partial charge in [-0.1, -0.05) is 52.4 Å². The molecule has 0 bridgehead atoms. The van der Waals surface area contributed by atoms with Crippen LogP contribution >= 0.6 is 23.2 Å². The predicted molar refractivity (Wildman–Crippen MR) is 78.4 cm³/mol. The molecule has 0 aromatic heterocycles. The zero-order chi connectivity index (χ0) is 12.9. The summed E-state index contributed by atoms with van der Waals surface area (Å²) >= 11 is 11.6. The smallest absolute Gasteiger partial charge is 0.0849 e. The van der Waals surface area contributed by atoms with Gasteiger partial charge in [-0.3, -0.25) is 0 Å². The summed E-state index contributed by atoms with van der Waals surface area (Å²) in [6.45, 7) is 4.42. The molecule has 0 radical (unpaired) electrons. The van der Waals surface area contributed by atoms with E-state index in [9.17, 15) is 0 Å². The summed E-state index contributed by atoms with van der Waals surface area (Å²) in [4.78, 5) is 0. The van der Waals surface area contributed by atoms with E-state index in [-0.39, 0.29) is 6.10 Å². The van der Waals surface area contributed by atoms with E-state index in [1.807, 2.05) is 0 Å². The minimum absolute atomic E-state index is 0.0170. The van der Waals surface area contributed by atoms with Crippen LogP contribution in [-0.4, -0.2) is 24.0 Å². The molecular weight excluding hydrogens is 255 g/mol. The van der Waals surface area contributed by atoms with Gasteiger partial charge in [0.2, 0.25) is 0 Å². The van der Waals surface area contributed by atoms with Gasteiger partial charge >= 0.3 is 0 Å². The van der Waals surface area contributed by atoms with Crippen LogP contribution < -0.4 is 0 Å². The van der Waals surface area contributed by atoms with Gasteiger partial charge in [0.15, 0.2) is 0 Å². The molecular formula is C14H28Cl2O. The number of hydrogen-bond donors (Lipinski definition) is 0. The van der Waals surface area contributed by atoms with Crippen LogP contribution in [0.3, 0.4) is 0 Å². The molecule has 0 spiro atoms. The van der Waals surface area contributed by atoms with E-state index in [1.165, 1.54) is 38.5 Å². The second-order valence-corrected chi connectivity index (χ2v) is 5.27. The molecule has 0 aliphatic heterocycles. The normalized spacial score (nSPS) is 13.2. The number of halogens is 2. The lowest BCUT2D eigenvalue weighted by Gasteiger charge is -2.21. The average molecular weight is 283 g/mol. The first-order valence-electron chi connectivity index (χ1n) is 7.05. The van der Waals surface area contributed by atoms with Crippen molar-refractivity contribution in [2.24, 2.45) is 0 Å². The van der Waals surface area contributed by atoms with Gasteiger partial charge in [0.05, 0.1) is 12.2 Å². The summed E-state index contributed by atoms with van der Waals surface area (Å²) in [5, 5.41) is 0. The maximum Gasteiger partial charge on any atom is 0.0849 e. The molecule has 1 nitrogen and oxygen atoms in total. The summed E-state index contributed by atoms with van der Waals surface area (Å²) in [5.41, 5.74) is 0. The monoisotopic (exact) mass is 282 g/mol. The van der Waals surface area contributed by atoms with E-state index >= 15 is 0 Å². The first-order valence-corrected chi connectivity index (χ1v) is 8.12. The minimum Gasteiger partial charge on any atom is -0.373 e. The van der Waals surface area contributed by atoms with Crippen LogP contribution in [0.1, 0.15) is 65.2 Å². The van der Waals surface area contributed by atoms with Crippen LogP contribution in [0.5, 0.6) is 0 Å². The van der Waals surface area contributed by atoms with Crippen LogP contribution in [0.25, 0.3) is 0 Å². The molecule has 1 unspecified atom stereocenters. The molecule has 0 aliphatic carbocycles. The van der Waals surface area contributed by atoms with Gasteiger partial charge in [-0.15, -0.1) is 23.2 Å². The van der Waals surface area contributed by atoms with E-state index in [0.29, 0.717) is 17.9 Å². The fourth-order valence-corrected chi connectivity index (χ4v) is 2.38. The molecule has 0 saturated heterocycles. The summed E-state index contributed by atoms with van der Waals surface area (Å²) in [6, 6.07) is 0. The van der Waals surface area contributed by atoms with Gasteiger partial charge in [0.25, 0.3) is 0 Å². The Bertz CT molecular complexity index is 149. The van der Waals surface area contributed by atoms with Crippen LogP contribution in [0.15, 0.2) is 0 Å². The fourth-order valence-electron chi connectivity index (χ4n) is 1.91. The molecule has 0 aromatic rings. The molecule has 0 saturated carbocycles. The van der Waals surface area contributed by atoms with Gasteiger partial charge in [0.1, 0.15) is 0 Å². The van der Waals surface area contributed by atoms with Gasteiger partial charge in [0, 0.05) is 11.8 Å². The van der Waals surface area contributed by atoms with Crippen molar-refractivity contribution in [1.82, 2.24) is 0 Å². The van der Waals surface area contributed by atoms with Gasteiger partial charge in [-0.2, -0.15) is 0 Å². The zero-order valence-corrected chi connectivity index (χ0v) is 12.9. The second kappa shape index (κ2) is 13.0. The van der Waals surface area contributed by atoms with Crippen molar-refractivity contribution in [3.63, 3.8) is 0 Å². The quantitative estimate of drug-likeness (QED) is 0.345. The first kappa shape index (κ1) is 17.5. The second-order valence-electron chi connectivity index (χ2n) is 4.65. The Hall–Kier alpha value is 0.540. The van der Waals surface area contributed by atoms with Crippen molar-refractivity contribution >= 4 is 23.2 Å². The highest BCUT2D eigenvalue weighted by molar-refractivity contribution is 6.21. The highest BCUT2D eigenvalue weighted by Gasteiger charge is 2.13. The number of hydrogen-bond acceptors (Lipinski definition) is 1. The Morgan fingerprint density at radius 2 is 1.41 bits per heavy atom. The van der Waals surface area contributed by atoms with Crippen LogP contribution in [0.2, 0.25) is 0 Å². The van der Waals surface area contributed by atoms with Crippen LogP contribution in [0, 0.1) is 0 Å². The SMILES string of the molecule is CCCCCCCCC(CC)OC(CCl)CCl. The largest absolute Gasteiger partial charge is 0.373 e. The molecule has 0 N–H and O–H groups in total. The molecule has 3 heteroatoms. The van der Waals surface area contributed by atoms with Crippen LogP contribution in [0.4, 0.5) is 0 Å². The maximum absolute atomic E-state index is 5.86. The third kappa shape index (κ3) is 10.2. The van der Waals surface area contributed by atoms with Crippen molar-refractivity contribution in [3.05, 3.63) is 0 Å². The molecule has 0 rings (SSSR count). The molecule has 0 heterocycles. The first-order chi connectivity index (χ1) is 8.28. The summed E-state index contributed by atoms with van der Waals surface area (Å²) in [5.74, 6) is 0.993. The maximum atomic E-state index is 5.86. The fraction of sp³-hybridized carbons (Fsp3) is 1.00. The Labute approximate surface area is 117 Å². The third-order valence-electron chi connectivity index (χ3n) is 3.06. The van der Waals surface area contributed by atoms with Crippen molar-refractivity contribution in [1.29, 1.82) is 0 Å². The molecule has 0 aromatic carbocycles. The Morgan fingerprint density at radius 3 is 1.94 bits per heavy atom. The number of rotatable bonds is 12. The third-order valence-corrected chi connectivity index (χ3v) is 3.75. The Kier molecular flexibility index (Phi) is 13.4. The lowest BCUT2D eigenvalue weighted by Crippen LogP contribution is -2.24. The molecule has 1 atom stereocenters. The van der Waals surface area contributed by atoms with E-state index in [4.69, 9.17) is 27.9 Å². The van der Waals surface area contributed by atoms with E-state index < -0.39 is 0 Å². The highest BCUT2D eigenvalue weighted by atomic mass is 35.5. The van der Waals surface area contributed by atoms with E-state index in [0.717, 1.165) is 12.8 Å². The van der Waals surface area contributed by atoms with Crippen molar-refractivity contribution < 1.29 is 4.74 Å². The molecule has 17 heavy (non-hydrogen) atoms. The highest BCUT2D eigenvalue weighted by Crippen LogP contribution is 2.15. The molecule has 104 valence electrons. The number of alkyl halides is 2. The molecule has 0 amide bonds. The van der Waals surface area contributed by atoms with Gasteiger partial charge in [-0.05, 0) is 12.8 Å². The molecule has 0 fully saturated rings. The molecule has 0 aliphatic rings. The summed E-state index contributed by atoms with van der Waals surface area (Å²) in [6.07, 6.45) is 10.6. The zero-order valence-electron chi connectivity index (χ0n) is 11.4. The van der Waals surface area contributed by atoms with E-state index in [2.05, 4.69) is 13.8 Å². The minimum atomic E-state index is 0.0170. The van der Waals surface area contributed by atoms with Gasteiger partial charge in [-0.25, -0.2) is 0 Å². The lowest BCUT2D eigenvalue weighted by molar-refractivity contribution is 0.00348. The Morgan fingerprint density at radius 1 is 0.824 bits per heavy atom. The van der Waals surface area contributed by atoms with E-state index in [1.54, 1.807) is 0 Å². The van der Waals surface area contributed by atoms with Crippen molar-refractivity contribution in [2.45, 2.75) is 77.4 Å². The van der Waals surface area contributed by atoms with Crippen LogP contribution in [-0.2, 0) is 4.74 Å².